The molecule has 1 unspecified atom stereocenters. The normalized spacial score (nSPS) is 19.6. The molecule has 1 atom stereocenters. The molecule has 1 N–H and O–H groups in total. The second kappa shape index (κ2) is 7.04. The van der Waals surface area contributed by atoms with E-state index < -0.39 is 11.8 Å². The summed E-state index contributed by atoms with van der Waals surface area (Å²) >= 11 is 6.00. The molecule has 0 amide bonds. The molecule has 0 bridgehead atoms. The van der Waals surface area contributed by atoms with Crippen LogP contribution in [0.3, 0.4) is 0 Å². The van der Waals surface area contributed by atoms with Crippen LogP contribution in [0.4, 0.5) is 0 Å². The third-order valence-corrected chi connectivity index (χ3v) is 2.67. The molecular weight excluding hydrogens is 278 g/mol. The quantitative estimate of drug-likeness (QED) is 0.783. The Labute approximate surface area is 125 Å². The molecule has 0 saturated heterocycles. The van der Waals surface area contributed by atoms with Gasteiger partial charge in [-0.3, -0.25) is 5.32 Å². The van der Waals surface area contributed by atoms with E-state index in [1.54, 1.807) is 6.08 Å². The van der Waals surface area contributed by atoms with Crippen LogP contribution in [-0.4, -0.2) is 55.0 Å². The van der Waals surface area contributed by atoms with Gasteiger partial charge in [-0.15, -0.1) is 0 Å². The van der Waals surface area contributed by atoms with Gasteiger partial charge < -0.3 is 9.64 Å². The smallest absolute Gasteiger partial charge is 0.141 e. The van der Waals surface area contributed by atoms with Crippen LogP contribution in [0, 0.1) is 0 Å². The molecule has 20 heavy (non-hydrogen) atoms. The predicted molar refractivity (Wildman–Crippen MR) is 81.8 cm³/mol. The minimum atomic E-state index is -0.512. The van der Waals surface area contributed by atoms with Crippen LogP contribution >= 0.6 is 11.6 Å². The molecule has 5 nitrogen and oxygen atoms in total. The van der Waals surface area contributed by atoms with Crippen molar-refractivity contribution in [3.63, 3.8) is 0 Å². The molecule has 1 aliphatic heterocycles. The minimum absolute atomic E-state index is 0.311. The average Bonchev–Trinajstić information content (AvgIpc) is 2.25. The average molecular weight is 300 g/mol. The van der Waals surface area contributed by atoms with Crippen molar-refractivity contribution < 1.29 is 9.53 Å². The lowest BCUT2D eigenvalue weighted by Gasteiger charge is -2.28. The van der Waals surface area contributed by atoms with Gasteiger partial charge in [0.15, 0.2) is 0 Å². The Morgan fingerprint density at radius 1 is 1.50 bits per heavy atom. The molecule has 0 fully saturated rings. The molecule has 1 rings (SSSR count). The number of dihydropyridines is 1. The zero-order chi connectivity index (χ0) is 15.3. The number of nitrogens with one attached hydrogen (secondary N) is 1. The summed E-state index contributed by atoms with van der Waals surface area (Å²) < 4.78 is 5.76. The lowest BCUT2D eigenvalue weighted by Crippen LogP contribution is -2.38. The summed E-state index contributed by atoms with van der Waals surface area (Å²) in [5.41, 5.74) is -0.0699. The van der Waals surface area contributed by atoms with Crippen LogP contribution in [0.25, 0.3) is 0 Å². The molecule has 0 saturated carbocycles. The Morgan fingerprint density at radius 3 is 2.65 bits per heavy atom. The lowest BCUT2D eigenvalue weighted by molar-refractivity contribution is 0.0560. The summed E-state index contributed by atoms with van der Waals surface area (Å²) in [6.07, 6.45) is 1.04. The minimum Gasteiger partial charge on any atom is -0.487 e. The highest BCUT2D eigenvalue weighted by molar-refractivity contribution is 6.68. The maximum atomic E-state index is 11.2. The highest BCUT2D eigenvalue weighted by Gasteiger charge is 2.27. The van der Waals surface area contributed by atoms with Crippen molar-refractivity contribution in [2.24, 2.45) is 4.99 Å². The van der Waals surface area contributed by atoms with Crippen molar-refractivity contribution in [3.05, 3.63) is 17.4 Å². The maximum Gasteiger partial charge on any atom is 0.141 e. The van der Waals surface area contributed by atoms with Gasteiger partial charge in [-0.05, 0) is 34.9 Å². The summed E-state index contributed by atoms with van der Waals surface area (Å²) in [5.74, 6) is 2.34. The van der Waals surface area contributed by atoms with Gasteiger partial charge in [0.1, 0.15) is 34.2 Å². The number of likely N-dealkylation sites (N-methyl/N-ethyl adjacent to an activating group) is 1. The fraction of sp³-hybridized carbons (Fsp3) is 0.643. The molecule has 0 aliphatic carbocycles. The number of ether oxygens (including phenoxy) is 1. The number of carbonyl (C=O) groups excluding carboxylic acids is 1. The molecule has 0 aromatic heterocycles. The number of hydrogen-bond donors (Lipinski definition) is 1. The maximum absolute atomic E-state index is 11.2. The van der Waals surface area contributed by atoms with E-state index in [1.165, 1.54) is 0 Å². The fourth-order valence-corrected chi connectivity index (χ4v) is 1.84. The van der Waals surface area contributed by atoms with E-state index in [-0.39, 0.29) is 0 Å². The second-order valence-corrected chi connectivity index (χ2v) is 6.24. The molecular formula is C14H22ClN3O2. The van der Waals surface area contributed by atoms with Gasteiger partial charge in [-0.1, -0.05) is 11.6 Å². The van der Waals surface area contributed by atoms with E-state index in [0.717, 1.165) is 6.54 Å². The van der Waals surface area contributed by atoms with Crippen LogP contribution < -0.4 is 5.32 Å². The molecule has 1 heterocycles. The highest BCUT2D eigenvalue weighted by Crippen LogP contribution is 2.25. The van der Waals surface area contributed by atoms with Crippen molar-refractivity contribution in [1.82, 2.24) is 10.2 Å². The molecule has 0 aromatic carbocycles. The third-order valence-electron chi connectivity index (χ3n) is 2.46. The Kier molecular flexibility index (Phi) is 5.96. The lowest BCUT2D eigenvalue weighted by atomic mass is 10.1. The van der Waals surface area contributed by atoms with E-state index in [0.29, 0.717) is 23.0 Å². The van der Waals surface area contributed by atoms with Crippen molar-refractivity contribution in [3.8, 4) is 0 Å². The van der Waals surface area contributed by atoms with Crippen molar-refractivity contribution in [2.75, 3.05) is 27.2 Å². The van der Waals surface area contributed by atoms with Gasteiger partial charge in [0.05, 0.1) is 0 Å². The molecule has 1 aliphatic rings. The largest absolute Gasteiger partial charge is 0.487 e. The fourth-order valence-electron chi connectivity index (χ4n) is 1.64. The summed E-state index contributed by atoms with van der Waals surface area (Å²) in [6, 6.07) is 0. The Morgan fingerprint density at radius 2 is 2.15 bits per heavy atom. The first kappa shape index (κ1) is 16.9. The van der Waals surface area contributed by atoms with Crippen molar-refractivity contribution >= 4 is 22.7 Å². The van der Waals surface area contributed by atoms with Crippen LogP contribution in [0.1, 0.15) is 20.8 Å². The first-order valence-electron chi connectivity index (χ1n) is 6.50. The summed E-state index contributed by atoms with van der Waals surface area (Å²) in [6.45, 7) is 7.23. The number of halogens is 1. The van der Waals surface area contributed by atoms with E-state index >= 15 is 0 Å². The Balaban J connectivity index is 2.84. The summed E-state index contributed by atoms with van der Waals surface area (Å²) in [5, 5.41) is 3.48. The van der Waals surface area contributed by atoms with Gasteiger partial charge >= 0.3 is 0 Å². The Bertz CT molecular complexity index is 458. The molecule has 112 valence electrons. The summed E-state index contributed by atoms with van der Waals surface area (Å²) in [7, 11) is 3.95. The molecule has 6 heteroatoms. The molecule has 0 spiro atoms. The standard InChI is InChI=1S/C14H22ClN3O2/c1-14(2,3)20-11-8-12(15)17-13(10(11)9-19)16-6-7-18(4)5/h8,13,16H,6-7H2,1-5H3. The van der Waals surface area contributed by atoms with Gasteiger partial charge in [0.2, 0.25) is 0 Å². The van der Waals surface area contributed by atoms with Gasteiger partial charge in [0.25, 0.3) is 0 Å². The molecule has 0 radical (unpaired) electrons. The number of aliphatic imine (C=N–C) groups is 1. The number of hydrogen-bond acceptors (Lipinski definition) is 5. The van der Waals surface area contributed by atoms with E-state index in [1.807, 2.05) is 45.7 Å². The SMILES string of the molecule is CN(C)CCNC1N=C(Cl)C=C(OC(C)(C)C)C1=C=O. The predicted octanol–water partition coefficient (Wildman–Crippen LogP) is 1.57. The topological polar surface area (TPSA) is 53.9 Å². The number of nitrogens with zero attached hydrogens (tertiary/aromatic N) is 2. The first-order chi connectivity index (χ1) is 9.23. The third kappa shape index (κ3) is 5.47. The zero-order valence-electron chi connectivity index (χ0n) is 12.7. The highest BCUT2D eigenvalue weighted by atomic mass is 35.5. The van der Waals surface area contributed by atoms with Crippen LogP contribution in [-0.2, 0) is 9.53 Å². The van der Waals surface area contributed by atoms with E-state index in [9.17, 15) is 4.79 Å². The van der Waals surface area contributed by atoms with Crippen molar-refractivity contribution in [2.45, 2.75) is 32.5 Å². The zero-order valence-corrected chi connectivity index (χ0v) is 13.4. The van der Waals surface area contributed by atoms with E-state index in [4.69, 9.17) is 16.3 Å². The Hall–Kier alpha value is -1.13. The van der Waals surface area contributed by atoms with E-state index in [2.05, 4.69) is 10.3 Å². The van der Waals surface area contributed by atoms with Crippen LogP contribution in [0.2, 0.25) is 0 Å². The van der Waals surface area contributed by atoms with Gasteiger partial charge in [-0.25, -0.2) is 9.79 Å². The summed E-state index contributed by atoms with van der Waals surface area (Å²) in [4.78, 5) is 17.5. The first-order valence-corrected chi connectivity index (χ1v) is 6.88. The van der Waals surface area contributed by atoms with Gasteiger partial charge in [0, 0.05) is 19.2 Å². The van der Waals surface area contributed by atoms with Crippen molar-refractivity contribution in [1.29, 1.82) is 0 Å². The monoisotopic (exact) mass is 299 g/mol. The van der Waals surface area contributed by atoms with Crippen LogP contribution in [0.15, 0.2) is 22.4 Å². The van der Waals surface area contributed by atoms with Crippen LogP contribution in [0.5, 0.6) is 0 Å². The number of rotatable bonds is 5. The molecule has 0 aromatic rings. The van der Waals surface area contributed by atoms with Gasteiger partial charge in [-0.2, -0.15) is 0 Å². The number of allylic oxidation sites excluding steroid dienone is 1. The second-order valence-electron chi connectivity index (χ2n) is 5.85.